The average molecular weight is 244 g/mol. The van der Waals surface area contributed by atoms with E-state index in [1.165, 1.54) is 51.4 Å². The minimum atomic E-state index is 0.133. The fourth-order valence-electron chi connectivity index (χ4n) is 5.65. The molecular weight excluding hydrogens is 220 g/mol. The summed E-state index contributed by atoms with van der Waals surface area (Å²) in [6.07, 6.45) is 12.5. The summed E-state index contributed by atoms with van der Waals surface area (Å²) in [5.41, 5.74) is 0.553. The standard InChI is InChI=1S/C16H24N2/c17-10-15(18-14-1-2-14)9-16-6-11-3-12(7-16)5-13(4-11)8-16/h11-15,18H,1-9H2. The van der Waals surface area contributed by atoms with Crippen molar-refractivity contribution in [2.45, 2.75) is 69.9 Å². The van der Waals surface area contributed by atoms with Crippen molar-refractivity contribution in [3.63, 3.8) is 0 Å². The van der Waals surface area contributed by atoms with Gasteiger partial charge in [-0.15, -0.1) is 0 Å². The van der Waals surface area contributed by atoms with Gasteiger partial charge >= 0.3 is 0 Å². The predicted octanol–water partition coefficient (Wildman–Crippen LogP) is 3.24. The molecule has 0 heterocycles. The number of hydrogen-bond donors (Lipinski definition) is 1. The van der Waals surface area contributed by atoms with Crippen molar-refractivity contribution < 1.29 is 0 Å². The molecule has 0 saturated heterocycles. The molecule has 18 heavy (non-hydrogen) atoms. The highest BCUT2D eigenvalue weighted by molar-refractivity contribution is 5.06. The second-order valence-corrected chi connectivity index (χ2v) is 7.74. The quantitative estimate of drug-likeness (QED) is 0.824. The molecule has 1 atom stereocenters. The fourth-order valence-corrected chi connectivity index (χ4v) is 5.65. The van der Waals surface area contributed by atoms with Crippen LogP contribution in [0.1, 0.15) is 57.8 Å². The lowest BCUT2D eigenvalue weighted by Gasteiger charge is -2.57. The van der Waals surface area contributed by atoms with Gasteiger partial charge in [-0.2, -0.15) is 5.26 Å². The van der Waals surface area contributed by atoms with Crippen molar-refractivity contribution in [3.8, 4) is 6.07 Å². The third kappa shape index (κ3) is 1.97. The molecule has 5 aliphatic rings. The van der Waals surface area contributed by atoms with E-state index in [0.29, 0.717) is 11.5 Å². The lowest BCUT2D eigenvalue weighted by molar-refractivity contribution is -0.0596. The molecule has 4 bridgehead atoms. The summed E-state index contributed by atoms with van der Waals surface area (Å²) in [4.78, 5) is 0. The molecule has 5 fully saturated rings. The Morgan fingerprint density at radius 2 is 1.61 bits per heavy atom. The number of rotatable bonds is 4. The molecule has 0 aromatic heterocycles. The summed E-state index contributed by atoms with van der Waals surface area (Å²) in [6.45, 7) is 0. The second kappa shape index (κ2) is 3.97. The van der Waals surface area contributed by atoms with E-state index in [-0.39, 0.29) is 6.04 Å². The molecule has 0 amide bonds. The van der Waals surface area contributed by atoms with Gasteiger partial charge in [0.05, 0.1) is 12.1 Å². The second-order valence-electron chi connectivity index (χ2n) is 7.74. The van der Waals surface area contributed by atoms with Crippen LogP contribution in [0.4, 0.5) is 0 Å². The molecule has 5 rings (SSSR count). The summed E-state index contributed by atoms with van der Waals surface area (Å²) < 4.78 is 0. The molecule has 0 aromatic carbocycles. The largest absolute Gasteiger partial charge is 0.299 e. The lowest BCUT2D eigenvalue weighted by atomic mass is 9.48. The first kappa shape index (κ1) is 11.3. The van der Waals surface area contributed by atoms with E-state index in [1.807, 2.05) is 0 Å². The van der Waals surface area contributed by atoms with E-state index in [4.69, 9.17) is 0 Å². The van der Waals surface area contributed by atoms with Gasteiger partial charge < -0.3 is 0 Å². The Labute approximate surface area is 110 Å². The molecule has 5 saturated carbocycles. The van der Waals surface area contributed by atoms with E-state index in [2.05, 4.69) is 11.4 Å². The number of hydrogen-bond acceptors (Lipinski definition) is 2. The van der Waals surface area contributed by atoms with Crippen LogP contribution in [0.15, 0.2) is 0 Å². The number of nitrogens with one attached hydrogen (secondary N) is 1. The van der Waals surface area contributed by atoms with Gasteiger partial charge in [-0.1, -0.05) is 0 Å². The van der Waals surface area contributed by atoms with Crippen molar-refractivity contribution in [3.05, 3.63) is 0 Å². The molecule has 2 nitrogen and oxygen atoms in total. The maximum absolute atomic E-state index is 9.39. The van der Waals surface area contributed by atoms with Crippen LogP contribution in [0.2, 0.25) is 0 Å². The van der Waals surface area contributed by atoms with Crippen LogP contribution in [-0.4, -0.2) is 12.1 Å². The minimum Gasteiger partial charge on any atom is -0.299 e. The molecule has 0 aliphatic heterocycles. The van der Waals surface area contributed by atoms with Crippen molar-refractivity contribution in [2.24, 2.45) is 23.2 Å². The average Bonchev–Trinajstić information content (AvgIpc) is 3.09. The molecule has 5 aliphatic carbocycles. The Morgan fingerprint density at radius 3 is 2.06 bits per heavy atom. The van der Waals surface area contributed by atoms with Crippen molar-refractivity contribution in [2.75, 3.05) is 0 Å². The van der Waals surface area contributed by atoms with Crippen molar-refractivity contribution in [1.29, 1.82) is 5.26 Å². The first-order valence-corrected chi connectivity index (χ1v) is 7.90. The monoisotopic (exact) mass is 244 g/mol. The van der Waals surface area contributed by atoms with Crippen LogP contribution < -0.4 is 5.32 Å². The topological polar surface area (TPSA) is 35.8 Å². The normalized spacial score (nSPS) is 46.9. The van der Waals surface area contributed by atoms with Gasteiger partial charge in [0.2, 0.25) is 0 Å². The molecule has 0 aromatic rings. The van der Waals surface area contributed by atoms with Crippen LogP contribution in [-0.2, 0) is 0 Å². The van der Waals surface area contributed by atoms with Crippen LogP contribution in [0.5, 0.6) is 0 Å². The highest BCUT2D eigenvalue weighted by Crippen LogP contribution is 2.61. The molecule has 1 N–H and O–H groups in total. The van der Waals surface area contributed by atoms with Crippen molar-refractivity contribution in [1.82, 2.24) is 5.32 Å². The lowest BCUT2D eigenvalue weighted by Crippen LogP contribution is -2.48. The summed E-state index contributed by atoms with van der Waals surface area (Å²) >= 11 is 0. The van der Waals surface area contributed by atoms with Gasteiger partial charge in [-0.05, 0) is 81.0 Å². The van der Waals surface area contributed by atoms with Crippen LogP contribution in [0.3, 0.4) is 0 Å². The van der Waals surface area contributed by atoms with Crippen LogP contribution in [0.25, 0.3) is 0 Å². The Hall–Kier alpha value is -0.550. The molecule has 1 unspecified atom stereocenters. The van der Waals surface area contributed by atoms with E-state index >= 15 is 0 Å². The maximum Gasteiger partial charge on any atom is 0.0960 e. The van der Waals surface area contributed by atoms with Gasteiger partial charge in [0.15, 0.2) is 0 Å². The summed E-state index contributed by atoms with van der Waals surface area (Å²) in [5, 5.41) is 12.9. The van der Waals surface area contributed by atoms with Gasteiger partial charge in [-0.25, -0.2) is 0 Å². The van der Waals surface area contributed by atoms with Gasteiger partial charge in [0.1, 0.15) is 0 Å². The summed E-state index contributed by atoms with van der Waals surface area (Å²) in [6, 6.07) is 3.34. The molecular formula is C16H24N2. The maximum atomic E-state index is 9.39. The molecule has 2 heteroatoms. The highest BCUT2D eigenvalue weighted by atomic mass is 15.0. The molecule has 0 spiro atoms. The van der Waals surface area contributed by atoms with Crippen LogP contribution in [0, 0.1) is 34.5 Å². The van der Waals surface area contributed by atoms with E-state index < -0.39 is 0 Å². The first-order valence-electron chi connectivity index (χ1n) is 7.90. The highest BCUT2D eigenvalue weighted by Gasteiger charge is 2.51. The number of nitrogens with zero attached hydrogens (tertiary/aromatic N) is 1. The SMILES string of the molecule is N#CC(CC12CC3CC(CC(C3)C1)C2)NC1CC1. The summed E-state index contributed by atoms with van der Waals surface area (Å²) in [5.74, 6) is 3.03. The third-order valence-electron chi connectivity index (χ3n) is 5.97. The number of nitriles is 1. The van der Waals surface area contributed by atoms with E-state index in [9.17, 15) is 5.26 Å². The van der Waals surface area contributed by atoms with Crippen molar-refractivity contribution >= 4 is 0 Å². The zero-order valence-corrected chi connectivity index (χ0v) is 11.2. The fraction of sp³-hybridized carbons (Fsp3) is 0.938. The zero-order chi connectivity index (χ0) is 12.2. The Bertz CT molecular complexity index is 342. The zero-order valence-electron chi connectivity index (χ0n) is 11.2. The Morgan fingerprint density at radius 1 is 1.06 bits per heavy atom. The van der Waals surface area contributed by atoms with E-state index in [1.54, 1.807) is 0 Å². The molecule has 0 radical (unpaired) electrons. The van der Waals surface area contributed by atoms with Gasteiger partial charge in [-0.3, -0.25) is 5.32 Å². The van der Waals surface area contributed by atoms with Gasteiger partial charge in [0.25, 0.3) is 0 Å². The third-order valence-corrected chi connectivity index (χ3v) is 5.97. The molecule has 98 valence electrons. The first-order chi connectivity index (χ1) is 8.75. The smallest absolute Gasteiger partial charge is 0.0960 e. The minimum absolute atomic E-state index is 0.133. The Kier molecular flexibility index (Phi) is 2.49. The predicted molar refractivity (Wildman–Crippen MR) is 70.8 cm³/mol. The van der Waals surface area contributed by atoms with E-state index in [0.717, 1.165) is 24.2 Å². The van der Waals surface area contributed by atoms with Crippen LogP contribution >= 0.6 is 0 Å². The summed E-state index contributed by atoms with van der Waals surface area (Å²) in [7, 11) is 0. The van der Waals surface area contributed by atoms with Gasteiger partial charge in [0, 0.05) is 6.04 Å². The Balaban J connectivity index is 1.47.